The van der Waals surface area contributed by atoms with Crippen LogP contribution in [0.15, 0.2) is 0 Å². The summed E-state index contributed by atoms with van der Waals surface area (Å²) in [5.41, 5.74) is -3.43. The average Bonchev–Trinajstić information content (AvgIpc) is 3.36. The Morgan fingerprint density at radius 1 is 0.585 bits per heavy atom. The van der Waals surface area contributed by atoms with Gasteiger partial charge < -0.3 is 20.8 Å². The predicted octanol–water partition coefficient (Wildman–Crippen LogP) is 4.30. The molecule has 4 aliphatic rings. The highest BCUT2D eigenvalue weighted by Gasteiger charge is 2.62. The van der Waals surface area contributed by atoms with Crippen LogP contribution in [0.2, 0.25) is 0 Å². The number of aliphatic hydroxyl groups is 2. The zero-order valence-corrected chi connectivity index (χ0v) is 34.9. The molecule has 0 aliphatic carbocycles. The molecular weight excluding hydrogens is 674 g/mol. The van der Waals surface area contributed by atoms with Crippen LogP contribution in [0.3, 0.4) is 0 Å². The van der Waals surface area contributed by atoms with Crippen LogP contribution in [0.25, 0.3) is 0 Å². The number of rotatable bonds is 17. The van der Waals surface area contributed by atoms with Crippen molar-refractivity contribution in [2.45, 2.75) is 185 Å². The minimum atomic E-state index is -1.06. The van der Waals surface area contributed by atoms with Crippen LogP contribution in [-0.2, 0) is 9.59 Å². The maximum atomic E-state index is 14.0. The highest BCUT2D eigenvalue weighted by molar-refractivity contribution is 6.08. The second-order valence-electron chi connectivity index (χ2n) is 19.5. The third-order valence-corrected chi connectivity index (χ3v) is 13.1. The van der Waals surface area contributed by atoms with Crippen LogP contribution in [0.5, 0.6) is 0 Å². The highest BCUT2D eigenvalue weighted by atomic mass is 16.3. The average molecular weight is 748 g/mol. The molecule has 2 spiro atoms. The number of nitrogens with one attached hydrogen (secondary N) is 2. The molecule has 0 aromatic rings. The van der Waals surface area contributed by atoms with E-state index in [0.717, 1.165) is 29.1 Å². The van der Waals surface area contributed by atoms with Crippen molar-refractivity contribution in [1.82, 2.24) is 35.1 Å². The van der Waals surface area contributed by atoms with E-state index in [-0.39, 0.29) is 60.1 Å². The number of amides is 6. The number of aliphatic hydroxyl groups excluding tert-OH is 2. The lowest BCUT2D eigenvalue weighted by Crippen LogP contribution is -2.68. The first-order chi connectivity index (χ1) is 24.4. The van der Waals surface area contributed by atoms with E-state index in [9.17, 15) is 29.4 Å². The van der Waals surface area contributed by atoms with Crippen LogP contribution in [0, 0.1) is 0 Å². The van der Waals surface area contributed by atoms with Crippen molar-refractivity contribution >= 4 is 23.9 Å². The number of carbonyl (C=O) groups is 4. The number of nitrogens with zero attached hydrogens (tertiary/aromatic N) is 5. The SMILES string of the molecule is CCCCCCCCCCN(CC(O)CN1C(=O)NC2(CC(C)(C)N(C)C(C)(C)C2)C1=O)CC(O)CN1C(=O)NC2(CC(C)(C)N(C)C(C)(C)C2)C1=O. The summed E-state index contributed by atoms with van der Waals surface area (Å²) in [5, 5.41) is 28.8. The highest BCUT2D eigenvalue weighted by Crippen LogP contribution is 2.46. The van der Waals surface area contributed by atoms with Crippen molar-refractivity contribution in [3.05, 3.63) is 0 Å². The number of piperidine rings is 2. The minimum absolute atomic E-state index is 0.121. The third-order valence-electron chi connectivity index (χ3n) is 13.1. The number of unbranched alkanes of at least 4 members (excludes halogenated alkanes) is 7. The van der Waals surface area contributed by atoms with Gasteiger partial charge in [0.25, 0.3) is 11.8 Å². The Labute approximate surface area is 319 Å². The number of likely N-dealkylation sites (tertiary alicyclic amines) is 2. The Morgan fingerprint density at radius 3 is 1.25 bits per heavy atom. The number of imide groups is 2. The van der Waals surface area contributed by atoms with Crippen molar-refractivity contribution in [3.63, 3.8) is 0 Å². The minimum Gasteiger partial charge on any atom is -0.390 e. The van der Waals surface area contributed by atoms with Crippen LogP contribution in [0.1, 0.15) is 139 Å². The molecule has 304 valence electrons. The normalized spacial score (nSPS) is 25.8. The van der Waals surface area contributed by atoms with Gasteiger partial charge in [0.05, 0.1) is 25.3 Å². The fourth-order valence-electron chi connectivity index (χ4n) is 10.2. The molecule has 2 atom stereocenters. The standard InChI is InChI=1S/C40H73N7O6/c1-12-13-14-15-16-17-18-19-20-45(21-29(48)23-46-31(50)39(41-33(46)52)25-35(2,3)43(10)36(4,5)26-39)22-30(49)24-47-32(51)40(42-34(47)53)27-37(6,7)44(11)38(8,9)28-40/h29-30,48-49H,12-28H2,1-11H3,(H,41,52)(H,42,53). The lowest BCUT2D eigenvalue weighted by molar-refractivity contribution is -0.140. The molecule has 0 bridgehead atoms. The van der Waals surface area contributed by atoms with E-state index in [2.05, 4.69) is 82.7 Å². The Bertz CT molecular complexity index is 1220. The quantitative estimate of drug-likeness (QED) is 0.126. The van der Waals surface area contributed by atoms with Gasteiger partial charge >= 0.3 is 12.1 Å². The molecule has 0 aromatic carbocycles. The van der Waals surface area contributed by atoms with Crippen molar-refractivity contribution in [2.75, 3.05) is 46.8 Å². The third kappa shape index (κ3) is 9.39. The van der Waals surface area contributed by atoms with Crippen molar-refractivity contribution in [1.29, 1.82) is 0 Å². The number of hydrogen-bond acceptors (Lipinski definition) is 9. The molecule has 13 nitrogen and oxygen atoms in total. The van der Waals surface area contributed by atoms with E-state index in [0.29, 0.717) is 32.2 Å². The lowest BCUT2D eigenvalue weighted by atomic mass is 9.69. The van der Waals surface area contributed by atoms with Gasteiger partial charge in [0.1, 0.15) is 11.1 Å². The number of urea groups is 2. The Morgan fingerprint density at radius 2 is 0.906 bits per heavy atom. The van der Waals surface area contributed by atoms with Gasteiger partial charge in [-0.1, -0.05) is 51.9 Å². The first kappa shape index (κ1) is 43.4. The van der Waals surface area contributed by atoms with Gasteiger partial charge in [0.15, 0.2) is 0 Å². The summed E-state index contributed by atoms with van der Waals surface area (Å²) in [7, 11) is 4.09. The molecule has 13 heteroatoms. The van der Waals surface area contributed by atoms with E-state index in [1.807, 2.05) is 19.0 Å². The number of β-amino-alcohol motifs (C(OH)–C–C–N with tert-alkyl or cyclic N) is 2. The van der Waals surface area contributed by atoms with Crippen molar-refractivity contribution in [3.8, 4) is 0 Å². The monoisotopic (exact) mass is 748 g/mol. The lowest BCUT2D eigenvalue weighted by Gasteiger charge is -2.56. The van der Waals surface area contributed by atoms with Crippen LogP contribution < -0.4 is 10.6 Å². The molecular formula is C40H73N7O6. The van der Waals surface area contributed by atoms with Crippen molar-refractivity contribution < 1.29 is 29.4 Å². The summed E-state index contributed by atoms with van der Waals surface area (Å²) in [4.78, 5) is 63.4. The molecule has 4 aliphatic heterocycles. The van der Waals surface area contributed by atoms with Crippen LogP contribution in [0.4, 0.5) is 9.59 Å². The largest absolute Gasteiger partial charge is 0.390 e. The molecule has 4 fully saturated rings. The van der Waals surface area contributed by atoms with Gasteiger partial charge in [0.2, 0.25) is 0 Å². The summed E-state index contributed by atoms with van der Waals surface area (Å²) in [6, 6.07) is -0.986. The zero-order chi connectivity index (χ0) is 39.8. The maximum Gasteiger partial charge on any atom is 0.325 e. The summed E-state index contributed by atoms with van der Waals surface area (Å²) >= 11 is 0. The first-order valence-electron chi connectivity index (χ1n) is 20.3. The molecule has 4 N–H and O–H groups in total. The van der Waals surface area contributed by atoms with Gasteiger partial charge in [0, 0.05) is 35.2 Å². The molecule has 0 radical (unpaired) electrons. The van der Waals surface area contributed by atoms with E-state index < -0.39 is 35.3 Å². The zero-order valence-electron chi connectivity index (χ0n) is 34.9. The Balaban J connectivity index is 1.42. The molecule has 4 rings (SSSR count). The fourth-order valence-corrected chi connectivity index (χ4v) is 10.2. The van der Waals surface area contributed by atoms with Gasteiger partial charge in [-0.3, -0.25) is 34.1 Å². The van der Waals surface area contributed by atoms with Gasteiger partial charge in [-0.15, -0.1) is 0 Å². The fraction of sp³-hybridized carbons (Fsp3) is 0.900. The molecule has 0 saturated carbocycles. The summed E-state index contributed by atoms with van der Waals surface area (Å²) in [6.45, 7) is 19.3. The van der Waals surface area contributed by atoms with E-state index in [1.165, 1.54) is 32.1 Å². The molecule has 53 heavy (non-hydrogen) atoms. The van der Waals surface area contributed by atoms with Crippen LogP contribution >= 0.6 is 0 Å². The van der Waals surface area contributed by atoms with Gasteiger partial charge in [-0.25, -0.2) is 9.59 Å². The van der Waals surface area contributed by atoms with E-state index in [4.69, 9.17) is 0 Å². The molecule has 6 amide bonds. The summed E-state index contributed by atoms with van der Waals surface area (Å²) in [6.07, 6.45) is 8.76. The Kier molecular flexibility index (Phi) is 13.1. The first-order valence-corrected chi connectivity index (χ1v) is 20.3. The smallest absolute Gasteiger partial charge is 0.325 e. The molecule has 4 heterocycles. The Hall–Kier alpha value is -2.32. The van der Waals surface area contributed by atoms with Crippen molar-refractivity contribution in [2.24, 2.45) is 0 Å². The second kappa shape index (κ2) is 16.0. The predicted molar refractivity (Wildman–Crippen MR) is 207 cm³/mol. The van der Waals surface area contributed by atoms with Gasteiger partial charge in [-0.05, 0) is 108 Å². The molecule has 0 aromatic heterocycles. The molecule has 4 saturated heterocycles. The van der Waals surface area contributed by atoms with E-state index >= 15 is 0 Å². The summed E-state index contributed by atoms with van der Waals surface area (Å²) < 4.78 is 0. The van der Waals surface area contributed by atoms with Crippen LogP contribution in [-0.4, -0.2) is 151 Å². The number of hydrogen-bond donors (Lipinski definition) is 4. The topological polar surface area (TPSA) is 149 Å². The number of carbonyl (C=O) groups excluding carboxylic acids is 4. The summed E-state index contributed by atoms with van der Waals surface area (Å²) in [5.74, 6) is -0.614. The van der Waals surface area contributed by atoms with E-state index in [1.54, 1.807) is 0 Å². The maximum absolute atomic E-state index is 14.0. The van der Waals surface area contributed by atoms with Gasteiger partial charge in [-0.2, -0.15) is 0 Å². The second-order valence-corrected chi connectivity index (χ2v) is 19.5. The molecule has 2 unspecified atom stereocenters.